The number of benzene rings is 3. The van der Waals surface area contributed by atoms with E-state index in [1.807, 2.05) is 19.1 Å². The normalized spacial score (nSPS) is 14.5. The highest BCUT2D eigenvalue weighted by Gasteiger charge is 2.36. The monoisotopic (exact) mass is 647 g/mol. The van der Waals surface area contributed by atoms with Gasteiger partial charge in [-0.2, -0.15) is 0 Å². The molecule has 1 atom stereocenters. The van der Waals surface area contributed by atoms with E-state index in [1.54, 1.807) is 55.5 Å². The summed E-state index contributed by atoms with van der Waals surface area (Å²) in [4.78, 5) is 43.1. The number of non-ortho nitro benzene ring substituents is 1. The maximum Gasteiger partial charge on any atom is 0.338 e. The molecule has 0 spiro atoms. The summed E-state index contributed by atoms with van der Waals surface area (Å²) < 4.78 is 18.9. The van der Waals surface area contributed by atoms with Gasteiger partial charge in [0.25, 0.3) is 11.2 Å². The van der Waals surface area contributed by atoms with Crippen molar-refractivity contribution in [3.05, 3.63) is 130 Å². The van der Waals surface area contributed by atoms with E-state index in [2.05, 4.69) is 0 Å². The maximum atomic E-state index is 14.0. The zero-order valence-corrected chi connectivity index (χ0v) is 26.4. The standard InChI is InChI=1S/C33H30ClN3O7S/c1-4-6-26-29(32(39)43-5-2)30(25-18-22(34)11-16-27(25)42-3)36-31(38)28(45-33(36)35-26)17-20-9-14-24(15-10-20)44-19-21-7-12-23(13-8-21)37(40)41/h7-18,30H,4-6,19H2,1-3H3/b28-17+/t30-/m0/s1. The molecular weight excluding hydrogens is 618 g/mol. The lowest BCUT2D eigenvalue weighted by Gasteiger charge is -2.27. The number of aromatic nitrogens is 1. The van der Waals surface area contributed by atoms with Crippen molar-refractivity contribution in [1.29, 1.82) is 0 Å². The molecule has 232 valence electrons. The first-order valence-corrected chi connectivity index (χ1v) is 15.4. The molecule has 0 N–H and O–H groups in total. The van der Waals surface area contributed by atoms with Crippen LogP contribution in [0.25, 0.3) is 6.08 Å². The number of methoxy groups -OCH3 is 1. The van der Waals surface area contributed by atoms with E-state index in [0.717, 1.165) is 17.5 Å². The van der Waals surface area contributed by atoms with Gasteiger partial charge in [0.2, 0.25) is 0 Å². The van der Waals surface area contributed by atoms with Gasteiger partial charge in [-0.15, -0.1) is 0 Å². The van der Waals surface area contributed by atoms with Crippen molar-refractivity contribution < 1.29 is 23.9 Å². The van der Waals surface area contributed by atoms with Gasteiger partial charge in [-0.1, -0.05) is 48.4 Å². The van der Waals surface area contributed by atoms with Gasteiger partial charge in [0.1, 0.15) is 24.1 Å². The Bertz CT molecular complexity index is 1950. The summed E-state index contributed by atoms with van der Waals surface area (Å²) in [7, 11) is 1.52. The number of hydrogen-bond acceptors (Lipinski definition) is 9. The molecule has 0 aliphatic carbocycles. The highest BCUT2D eigenvalue weighted by Crippen LogP contribution is 2.38. The van der Waals surface area contributed by atoms with Crippen LogP contribution in [0.4, 0.5) is 5.69 Å². The molecule has 2 heterocycles. The summed E-state index contributed by atoms with van der Waals surface area (Å²) in [6.07, 6.45) is 3.01. The Kier molecular flexibility index (Phi) is 9.80. The second kappa shape index (κ2) is 13.9. The van der Waals surface area contributed by atoms with Crippen LogP contribution in [0.3, 0.4) is 0 Å². The zero-order chi connectivity index (χ0) is 32.1. The van der Waals surface area contributed by atoms with Gasteiger partial charge < -0.3 is 14.2 Å². The molecule has 10 nitrogen and oxygen atoms in total. The number of esters is 1. The number of ether oxygens (including phenoxy) is 3. The van der Waals surface area contributed by atoms with Crippen molar-refractivity contribution in [3.8, 4) is 11.5 Å². The Labute approximate surface area is 267 Å². The number of nitrogens with zero attached hydrogens (tertiary/aromatic N) is 3. The van der Waals surface area contributed by atoms with E-state index in [-0.39, 0.29) is 30.0 Å². The number of carbonyl (C=O) groups is 1. The topological polar surface area (TPSA) is 122 Å². The van der Waals surface area contributed by atoms with E-state index in [0.29, 0.717) is 43.5 Å². The van der Waals surface area contributed by atoms with Gasteiger partial charge in [-0.25, -0.2) is 9.79 Å². The number of allylic oxidation sites excluding steroid dienone is 1. The highest BCUT2D eigenvalue weighted by atomic mass is 35.5. The summed E-state index contributed by atoms with van der Waals surface area (Å²) in [6, 6.07) is 17.6. The summed E-state index contributed by atoms with van der Waals surface area (Å²) in [5.41, 5.74) is 2.66. The summed E-state index contributed by atoms with van der Waals surface area (Å²) in [5.74, 6) is 0.529. The molecule has 0 amide bonds. The first-order valence-electron chi connectivity index (χ1n) is 14.3. The third-order valence-corrected chi connectivity index (χ3v) is 8.33. The lowest BCUT2D eigenvalue weighted by Crippen LogP contribution is -2.40. The third kappa shape index (κ3) is 6.84. The van der Waals surface area contributed by atoms with E-state index in [1.165, 1.54) is 35.1 Å². The summed E-state index contributed by atoms with van der Waals surface area (Å²) >= 11 is 7.64. The Morgan fingerprint density at radius 2 is 1.84 bits per heavy atom. The van der Waals surface area contributed by atoms with Crippen LogP contribution in [0.1, 0.15) is 49.4 Å². The van der Waals surface area contributed by atoms with Gasteiger partial charge in [0.05, 0.1) is 34.4 Å². The van der Waals surface area contributed by atoms with Crippen LogP contribution in [0.5, 0.6) is 11.5 Å². The van der Waals surface area contributed by atoms with Crippen molar-refractivity contribution in [2.45, 2.75) is 39.3 Å². The van der Waals surface area contributed by atoms with Crippen LogP contribution in [0.2, 0.25) is 5.02 Å². The fourth-order valence-corrected chi connectivity index (χ4v) is 6.23. The molecule has 0 saturated carbocycles. The van der Waals surface area contributed by atoms with Crippen LogP contribution in [0, 0.1) is 10.1 Å². The molecule has 5 rings (SSSR count). The minimum absolute atomic E-state index is 0.0186. The second-order valence-electron chi connectivity index (χ2n) is 10.1. The fourth-order valence-electron chi connectivity index (χ4n) is 5.03. The average molecular weight is 648 g/mol. The minimum Gasteiger partial charge on any atom is -0.496 e. The summed E-state index contributed by atoms with van der Waals surface area (Å²) in [5, 5.41) is 11.3. The van der Waals surface area contributed by atoms with E-state index < -0.39 is 16.9 Å². The smallest absolute Gasteiger partial charge is 0.338 e. The molecule has 0 saturated heterocycles. The molecule has 0 radical (unpaired) electrons. The predicted molar refractivity (Wildman–Crippen MR) is 172 cm³/mol. The third-order valence-electron chi connectivity index (χ3n) is 7.11. The lowest BCUT2D eigenvalue weighted by molar-refractivity contribution is -0.384. The van der Waals surface area contributed by atoms with Gasteiger partial charge in [-0.05, 0) is 73.0 Å². The van der Waals surface area contributed by atoms with E-state index in [9.17, 15) is 19.7 Å². The Hall–Kier alpha value is -4.74. The van der Waals surface area contributed by atoms with Crippen molar-refractivity contribution in [2.24, 2.45) is 4.99 Å². The molecule has 0 fully saturated rings. The number of carbonyl (C=O) groups excluding carboxylic acids is 1. The van der Waals surface area contributed by atoms with Crippen LogP contribution in [-0.2, 0) is 16.1 Å². The van der Waals surface area contributed by atoms with E-state index >= 15 is 0 Å². The second-order valence-corrected chi connectivity index (χ2v) is 11.5. The van der Waals surface area contributed by atoms with Crippen LogP contribution >= 0.6 is 22.9 Å². The highest BCUT2D eigenvalue weighted by molar-refractivity contribution is 7.07. The van der Waals surface area contributed by atoms with Crippen LogP contribution in [-0.4, -0.2) is 29.2 Å². The molecule has 4 aromatic rings. The maximum absolute atomic E-state index is 14.0. The molecule has 0 bridgehead atoms. The summed E-state index contributed by atoms with van der Waals surface area (Å²) in [6.45, 7) is 4.13. The van der Waals surface area contributed by atoms with Crippen molar-refractivity contribution in [3.63, 3.8) is 0 Å². The average Bonchev–Trinajstić information content (AvgIpc) is 3.34. The fraction of sp³-hybridized carbons (Fsp3) is 0.242. The Morgan fingerprint density at radius 1 is 1.11 bits per heavy atom. The Balaban J connectivity index is 1.53. The number of halogens is 1. The quantitative estimate of drug-likeness (QED) is 0.116. The first kappa shape index (κ1) is 31.7. The van der Waals surface area contributed by atoms with Crippen molar-refractivity contribution >= 4 is 40.7 Å². The number of fused-ring (bicyclic) bond motifs is 1. The molecule has 0 unspecified atom stereocenters. The number of nitro benzene ring substituents is 1. The van der Waals surface area contributed by atoms with Crippen LogP contribution in [0.15, 0.2) is 87.8 Å². The molecule has 1 aliphatic heterocycles. The lowest BCUT2D eigenvalue weighted by atomic mass is 9.93. The van der Waals surface area contributed by atoms with Crippen molar-refractivity contribution in [2.75, 3.05) is 13.7 Å². The van der Waals surface area contributed by atoms with Crippen LogP contribution < -0.4 is 24.4 Å². The molecule has 3 aromatic carbocycles. The molecule has 1 aliphatic rings. The molecule has 1 aromatic heterocycles. The number of rotatable bonds is 11. The van der Waals surface area contributed by atoms with Crippen molar-refractivity contribution in [1.82, 2.24) is 4.57 Å². The number of thiazole rings is 1. The SMILES string of the molecule is CCCC1=C(C(=O)OCC)[C@H](c2cc(Cl)ccc2OC)n2c(s/c(=C/c3ccc(OCc4ccc([N+](=O)[O-])cc4)cc3)c2=O)=N1. The van der Waals surface area contributed by atoms with Gasteiger partial charge >= 0.3 is 5.97 Å². The number of hydrogen-bond donors (Lipinski definition) is 0. The minimum atomic E-state index is -0.854. The predicted octanol–water partition coefficient (Wildman–Crippen LogP) is 5.73. The molecule has 12 heteroatoms. The first-order chi connectivity index (χ1) is 21.7. The van der Waals surface area contributed by atoms with Gasteiger partial charge in [0.15, 0.2) is 4.80 Å². The zero-order valence-electron chi connectivity index (χ0n) is 24.8. The molecule has 45 heavy (non-hydrogen) atoms. The largest absolute Gasteiger partial charge is 0.496 e. The molecular formula is C33H30ClN3O7S. The number of nitro groups is 1. The van der Waals surface area contributed by atoms with Gasteiger partial charge in [0, 0.05) is 22.7 Å². The van der Waals surface area contributed by atoms with Gasteiger partial charge in [-0.3, -0.25) is 19.5 Å². The van der Waals surface area contributed by atoms with E-state index in [4.69, 9.17) is 30.8 Å². The Morgan fingerprint density at radius 3 is 2.49 bits per heavy atom.